The summed E-state index contributed by atoms with van der Waals surface area (Å²) in [6, 6.07) is 6.81. The molecular formula is C29H38F2O. The van der Waals surface area contributed by atoms with Crippen molar-refractivity contribution >= 4 is 10.8 Å². The van der Waals surface area contributed by atoms with E-state index in [9.17, 15) is 4.39 Å². The van der Waals surface area contributed by atoms with Crippen LogP contribution in [0.15, 0.2) is 36.4 Å². The van der Waals surface area contributed by atoms with E-state index in [1.165, 1.54) is 57.4 Å². The Kier molecular flexibility index (Phi) is 7.86. The predicted molar refractivity (Wildman–Crippen MR) is 129 cm³/mol. The first-order valence-electron chi connectivity index (χ1n) is 12.8. The molecule has 0 amide bonds. The molecule has 2 fully saturated rings. The third-order valence-electron chi connectivity index (χ3n) is 7.98. The Hall–Kier alpha value is -1.90. The number of ether oxygens (including phenoxy) is 1. The molecular weight excluding hydrogens is 402 g/mol. The van der Waals surface area contributed by atoms with Crippen LogP contribution in [0.4, 0.5) is 8.78 Å². The first-order chi connectivity index (χ1) is 15.6. The second-order valence-corrected chi connectivity index (χ2v) is 10.1. The third kappa shape index (κ3) is 5.18. The van der Waals surface area contributed by atoms with E-state index in [4.69, 9.17) is 4.74 Å². The third-order valence-corrected chi connectivity index (χ3v) is 7.98. The van der Waals surface area contributed by atoms with Crippen LogP contribution in [0.2, 0.25) is 0 Å². The molecule has 1 nitrogen and oxygen atoms in total. The summed E-state index contributed by atoms with van der Waals surface area (Å²) in [6.45, 7) is 4.48. The summed E-state index contributed by atoms with van der Waals surface area (Å²) in [7, 11) is 0. The molecule has 0 radical (unpaired) electrons. The molecule has 0 N–H and O–H groups in total. The summed E-state index contributed by atoms with van der Waals surface area (Å²) < 4.78 is 35.6. The van der Waals surface area contributed by atoms with Gasteiger partial charge in [-0.2, -0.15) is 0 Å². The maximum absolute atomic E-state index is 15.5. The number of fused-ring (bicyclic) bond motifs is 2. The van der Waals surface area contributed by atoms with E-state index >= 15 is 4.39 Å². The minimum Gasteiger partial charge on any atom is -0.486 e. The fraction of sp³-hybridized carbons (Fsp3) is 0.586. The van der Waals surface area contributed by atoms with Gasteiger partial charge in [0.05, 0.1) is 0 Å². The van der Waals surface area contributed by atoms with Gasteiger partial charge in [-0.1, -0.05) is 63.3 Å². The number of halogens is 2. The van der Waals surface area contributed by atoms with E-state index in [1.54, 1.807) is 6.07 Å². The summed E-state index contributed by atoms with van der Waals surface area (Å²) in [5.74, 6) is 2.16. The van der Waals surface area contributed by atoms with Gasteiger partial charge < -0.3 is 4.74 Å². The largest absolute Gasteiger partial charge is 0.486 e. The Bertz CT molecular complexity index is 934. The fourth-order valence-corrected chi connectivity index (χ4v) is 6.18. The van der Waals surface area contributed by atoms with Crippen LogP contribution in [0.1, 0.15) is 89.5 Å². The molecule has 2 aliphatic rings. The lowest BCUT2D eigenvalue weighted by Gasteiger charge is -2.42. The highest BCUT2D eigenvalue weighted by atomic mass is 19.1. The minimum atomic E-state index is -0.497. The molecule has 2 aliphatic carbocycles. The Labute approximate surface area is 192 Å². The molecule has 174 valence electrons. The number of allylic oxidation sites excluding steroid dienone is 1. The molecule has 4 atom stereocenters. The van der Waals surface area contributed by atoms with E-state index < -0.39 is 5.82 Å². The summed E-state index contributed by atoms with van der Waals surface area (Å²) in [4.78, 5) is 0. The molecule has 0 aliphatic heterocycles. The highest BCUT2D eigenvalue weighted by Crippen LogP contribution is 2.49. The molecule has 0 aromatic heterocycles. The SMILES string of the molecule is C/C=C/COc1cc2ccc(C3CCC4CC(CCCCC)CCC4C3)c(F)c2cc1F. The van der Waals surface area contributed by atoms with Crippen molar-refractivity contribution < 1.29 is 13.5 Å². The molecule has 2 aromatic carbocycles. The van der Waals surface area contributed by atoms with Gasteiger partial charge in [-0.25, -0.2) is 8.78 Å². The average molecular weight is 441 g/mol. The molecule has 2 aromatic rings. The molecule has 0 bridgehead atoms. The Morgan fingerprint density at radius 3 is 2.62 bits per heavy atom. The highest BCUT2D eigenvalue weighted by Gasteiger charge is 2.36. The van der Waals surface area contributed by atoms with Gasteiger partial charge >= 0.3 is 0 Å². The molecule has 32 heavy (non-hydrogen) atoms. The topological polar surface area (TPSA) is 9.23 Å². The Morgan fingerprint density at radius 1 is 1.00 bits per heavy atom. The fourth-order valence-electron chi connectivity index (χ4n) is 6.18. The van der Waals surface area contributed by atoms with Crippen molar-refractivity contribution in [1.29, 1.82) is 0 Å². The van der Waals surface area contributed by atoms with Crippen LogP contribution in [0.5, 0.6) is 5.75 Å². The minimum absolute atomic E-state index is 0.180. The second kappa shape index (κ2) is 10.8. The summed E-state index contributed by atoms with van der Waals surface area (Å²) in [5, 5.41) is 1.07. The average Bonchev–Trinajstić information content (AvgIpc) is 2.80. The maximum atomic E-state index is 15.5. The quantitative estimate of drug-likeness (QED) is 0.294. The molecule has 0 spiro atoms. The first kappa shape index (κ1) is 23.3. The van der Waals surface area contributed by atoms with E-state index in [0.717, 1.165) is 36.2 Å². The smallest absolute Gasteiger partial charge is 0.165 e. The zero-order valence-electron chi connectivity index (χ0n) is 19.7. The molecule has 3 heteroatoms. The zero-order chi connectivity index (χ0) is 22.5. The van der Waals surface area contributed by atoms with Crippen molar-refractivity contribution in [1.82, 2.24) is 0 Å². The van der Waals surface area contributed by atoms with Crippen LogP contribution in [-0.2, 0) is 0 Å². The van der Waals surface area contributed by atoms with Crippen molar-refractivity contribution in [2.75, 3.05) is 6.61 Å². The van der Waals surface area contributed by atoms with Crippen LogP contribution in [0, 0.1) is 29.4 Å². The predicted octanol–water partition coefficient (Wildman–Crippen LogP) is 8.95. The van der Waals surface area contributed by atoms with Crippen molar-refractivity contribution in [3.63, 3.8) is 0 Å². The van der Waals surface area contributed by atoms with Crippen LogP contribution >= 0.6 is 0 Å². The van der Waals surface area contributed by atoms with E-state index in [-0.39, 0.29) is 17.5 Å². The number of unbranched alkanes of at least 4 members (excludes halogenated alkanes) is 2. The maximum Gasteiger partial charge on any atom is 0.165 e. The number of rotatable bonds is 8. The lowest BCUT2D eigenvalue weighted by Crippen LogP contribution is -2.30. The monoisotopic (exact) mass is 440 g/mol. The molecule has 0 saturated heterocycles. The van der Waals surface area contributed by atoms with Crippen LogP contribution < -0.4 is 4.74 Å². The number of hydrogen-bond acceptors (Lipinski definition) is 1. The normalized spacial score (nSPS) is 25.9. The zero-order valence-corrected chi connectivity index (χ0v) is 19.7. The molecule has 4 rings (SSSR count). The molecule has 0 heterocycles. The van der Waals surface area contributed by atoms with E-state index in [0.29, 0.717) is 17.4 Å². The van der Waals surface area contributed by atoms with Gasteiger partial charge in [0.15, 0.2) is 11.6 Å². The van der Waals surface area contributed by atoms with Gasteiger partial charge in [0.25, 0.3) is 0 Å². The highest BCUT2D eigenvalue weighted by molar-refractivity contribution is 5.85. The molecule has 4 unspecified atom stereocenters. The van der Waals surface area contributed by atoms with Gasteiger partial charge in [0, 0.05) is 5.39 Å². The van der Waals surface area contributed by atoms with Crippen LogP contribution in [0.25, 0.3) is 10.8 Å². The Morgan fingerprint density at radius 2 is 1.81 bits per heavy atom. The van der Waals surface area contributed by atoms with Crippen molar-refractivity contribution in [3.05, 3.63) is 53.6 Å². The van der Waals surface area contributed by atoms with Crippen LogP contribution in [0.3, 0.4) is 0 Å². The lowest BCUT2D eigenvalue weighted by molar-refractivity contribution is 0.112. The van der Waals surface area contributed by atoms with Gasteiger partial charge in [-0.05, 0) is 85.8 Å². The summed E-state index contributed by atoms with van der Waals surface area (Å²) >= 11 is 0. The number of hydrogen-bond donors (Lipinski definition) is 0. The lowest BCUT2D eigenvalue weighted by atomic mass is 9.63. The van der Waals surface area contributed by atoms with Gasteiger partial charge in [0.2, 0.25) is 0 Å². The van der Waals surface area contributed by atoms with Crippen molar-refractivity contribution in [3.8, 4) is 5.75 Å². The second-order valence-electron chi connectivity index (χ2n) is 10.1. The van der Waals surface area contributed by atoms with Gasteiger partial charge in [-0.15, -0.1) is 0 Å². The Balaban J connectivity index is 1.45. The van der Waals surface area contributed by atoms with Crippen LogP contribution in [-0.4, -0.2) is 6.61 Å². The van der Waals surface area contributed by atoms with E-state index in [1.807, 2.05) is 31.2 Å². The van der Waals surface area contributed by atoms with Crippen molar-refractivity contribution in [2.45, 2.75) is 84.0 Å². The molecule has 2 saturated carbocycles. The summed E-state index contributed by atoms with van der Waals surface area (Å²) in [5.41, 5.74) is 0.781. The standard InChI is InChI=1S/C29H38F2O/c1-3-5-7-8-20-9-10-22-17-23(12-11-21(22)16-20)25-14-13-24-18-28(32-15-6-4-2)27(30)19-26(24)29(25)31/h4,6,13-14,18-23H,3,5,7-12,15-17H2,1-2H3/b6-4+. The summed E-state index contributed by atoms with van der Waals surface area (Å²) in [6.07, 6.45) is 16.5. The van der Waals surface area contributed by atoms with Gasteiger partial charge in [0.1, 0.15) is 12.4 Å². The first-order valence-corrected chi connectivity index (χ1v) is 12.8. The van der Waals surface area contributed by atoms with Gasteiger partial charge in [-0.3, -0.25) is 0 Å². The van der Waals surface area contributed by atoms with Crippen molar-refractivity contribution in [2.24, 2.45) is 17.8 Å². The van der Waals surface area contributed by atoms with E-state index in [2.05, 4.69) is 6.92 Å². The number of benzene rings is 2.